The highest BCUT2D eigenvalue weighted by Gasteiger charge is 2.20. The molecule has 3 nitrogen and oxygen atoms in total. The molecule has 1 saturated heterocycles. The number of hydrogen-bond donors (Lipinski definition) is 0. The lowest BCUT2D eigenvalue weighted by atomic mass is 10.0. The Morgan fingerprint density at radius 3 is 2.63 bits per heavy atom. The highest BCUT2D eigenvalue weighted by Crippen LogP contribution is 2.20. The van der Waals surface area contributed by atoms with Gasteiger partial charge < -0.3 is 9.47 Å². The maximum absolute atomic E-state index is 13.3. The molecule has 0 aliphatic carbocycles. The Bertz CT molecular complexity index is 832. The van der Waals surface area contributed by atoms with Gasteiger partial charge in [-0.05, 0) is 55.5 Å². The Kier molecular flexibility index (Phi) is 6.69. The monoisotopic (exact) mass is 369 g/mol. The van der Waals surface area contributed by atoms with Crippen molar-refractivity contribution in [3.8, 4) is 23.1 Å². The van der Waals surface area contributed by atoms with Crippen molar-refractivity contribution in [2.24, 2.45) is 5.92 Å². The molecule has 3 rings (SSSR count). The van der Waals surface area contributed by atoms with Crippen molar-refractivity contribution in [3.63, 3.8) is 0 Å². The minimum absolute atomic E-state index is 0.403. The van der Waals surface area contributed by atoms with Gasteiger partial charge in [-0.15, -0.1) is 6.58 Å². The summed E-state index contributed by atoms with van der Waals surface area (Å²) < 4.78 is 37.6. The van der Waals surface area contributed by atoms with Crippen LogP contribution in [0.3, 0.4) is 0 Å². The van der Waals surface area contributed by atoms with Crippen molar-refractivity contribution >= 4 is 0 Å². The zero-order valence-corrected chi connectivity index (χ0v) is 15.0. The first-order valence-corrected chi connectivity index (χ1v) is 8.93. The smallest absolute Gasteiger partial charge is 0.222 e. The first-order chi connectivity index (χ1) is 13.2. The molecule has 1 aromatic carbocycles. The number of rotatable bonds is 5. The third kappa shape index (κ3) is 5.46. The fraction of sp³-hybridized carbons (Fsp3) is 0.318. The Labute approximate surface area is 158 Å². The lowest BCUT2D eigenvalue weighted by Crippen LogP contribution is -2.31. The minimum atomic E-state index is -0.896. The molecule has 0 saturated carbocycles. The Balaban J connectivity index is 1.55. The third-order valence-corrected chi connectivity index (χ3v) is 4.30. The van der Waals surface area contributed by atoms with Crippen molar-refractivity contribution in [1.29, 1.82) is 0 Å². The second kappa shape index (κ2) is 9.40. The van der Waals surface area contributed by atoms with Crippen LogP contribution in [0.25, 0.3) is 11.3 Å². The van der Waals surface area contributed by atoms with E-state index in [1.807, 2.05) is 6.08 Å². The lowest BCUT2D eigenvalue weighted by molar-refractivity contribution is -0.170. The van der Waals surface area contributed by atoms with E-state index in [4.69, 9.17) is 9.47 Å². The normalized spacial score (nSPS) is 19.2. The quantitative estimate of drug-likeness (QED) is 0.434. The fourth-order valence-electron chi connectivity index (χ4n) is 2.78. The first kappa shape index (κ1) is 19.2. The molecule has 1 aliphatic rings. The molecule has 27 heavy (non-hydrogen) atoms. The molecular formula is C22H21F2NO2. The summed E-state index contributed by atoms with van der Waals surface area (Å²) >= 11 is 0. The van der Waals surface area contributed by atoms with Crippen molar-refractivity contribution in [2.75, 3.05) is 13.2 Å². The molecule has 0 atom stereocenters. The molecule has 2 heterocycles. The van der Waals surface area contributed by atoms with Gasteiger partial charge in [-0.2, -0.15) is 0 Å². The van der Waals surface area contributed by atoms with Crippen LogP contribution in [-0.4, -0.2) is 24.5 Å². The molecule has 0 radical (unpaired) electrons. The number of nitrogens with zero attached hydrogens (tertiary/aromatic N) is 1. The molecule has 0 spiro atoms. The van der Waals surface area contributed by atoms with Gasteiger partial charge in [0.05, 0.1) is 18.9 Å². The second-order valence-corrected chi connectivity index (χ2v) is 6.41. The molecule has 2 aromatic rings. The second-order valence-electron chi connectivity index (χ2n) is 6.41. The van der Waals surface area contributed by atoms with Crippen molar-refractivity contribution in [2.45, 2.75) is 25.6 Å². The number of aromatic nitrogens is 1. The van der Waals surface area contributed by atoms with E-state index in [1.165, 1.54) is 6.07 Å². The van der Waals surface area contributed by atoms with E-state index in [-0.39, 0.29) is 0 Å². The van der Waals surface area contributed by atoms with Gasteiger partial charge in [0.25, 0.3) is 0 Å². The van der Waals surface area contributed by atoms with Crippen LogP contribution in [-0.2, 0) is 9.47 Å². The van der Waals surface area contributed by atoms with E-state index in [0.717, 1.165) is 31.4 Å². The fourth-order valence-corrected chi connectivity index (χ4v) is 2.78. The van der Waals surface area contributed by atoms with E-state index in [9.17, 15) is 8.78 Å². The van der Waals surface area contributed by atoms with E-state index >= 15 is 0 Å². The van der Waals surface area contributed by atoms with Crippen LogP contribution in [0, 0.1) is 29.4 Å². The standard InChI is InChI=1S/C22H21F2NO2/c1-2-3-4-5-17-14-26-22(27-15-17)11-7-16-6-10-21(25-13-16)18-8-9-19(23)20(24)12-18/h2,6,8-10,12-13,17,22H,1,3-5,14-15H2. The zero-order valence-electron chi connectivity index (χ0n) is 15.0. The Hall–Kier alpha value is -2.55. The van der Waals surface area contributed by atoms with Crippen LogP contribution in [0.1, 0.15) is 24.8 Å². The Morgan fingerprint density at radius 2 is 1.96 bits per heavy atom. The average Bonchev–Trinajstić information content (AvgIpc) is 2.70. The summed E-state index contributed by atoms with van der Waals surface area (Å²) in [6.45, 7) is 5.01. The first-order valence-electron chi connectivity index (χ1n) is 8.93. The number of benzene rings is 1. The van der Waals surface area contributed by atoms with Crippen molar-refractivity contribution in [3.05, 3.63) is 66.4 Å². The molecule has 1 fully saturated rings. The van der Waals surface area contributed by atoms with Crippen LogP contribution < -0.4 is 0 Å². The number of ether oxygens (including phenoxy) is 2. The van der Waals surface area contributed by atoms with Gasteiger partial charge in [0.15, 0.2) is 11.6 Å². The highest BCUT2D eigenvalue weighted by atomic mass is 19.2. The molecule has 0 N–H and O–H groups in total. The SMILES string of the molecule is C=CCCCC1COC(C#Cc2ccc(-c3ccc(F)c(F)c3)nc2)OC1. The number of halogens is 2. The molecule has 140 valence electrons. The van der Waals surface area contributed by atoms with E-state index in [2.05, 4.69) is 23.4 Å². The predicted molar refractivity (Wildman–Crippen MR) is 99.7 cm³/mol. The molecule has 1 aromatic heterocycles. The van der Waals surface area contributed by atoms with Crippen LogP contribution in [0.4, 0.5) is 8.78 Å². The van der Waals surface area contributed by atoms with Crippen LogP contribution >= 0.6 is 0 Å². The van der Waals surface area contributed by atoms with Crippen LogP contribution in [0.15, 0.2) is 49.2 Å². The lowest BCUT2D eigenvalue weighted by Gasteiger charge is -2.26. The number of unbranched alkanes of at least 4 members (excludes halogenated alkanes) is 1. The van der Waals surface area contributed by atoms with E-state index in [0.29, 0.717) is 36.0 Å². The summed E-state index contributed by atoms with van der Waals surface area (Å²) in [5.41, 5.74) is 1.75. The summed E-state index contributed by atoms with van der Waals surface area (Å²) in [5, 5.41) is 0. The third-order valence-electron chi connectivity index (χ3n) is 4.30. The van der Waals surface area contributed by atoms with Gasteiger partial charge in [-0.25, -0.2) is 8.78 Å². The highest BCUT2D eigenvalue weighted by molar-refractivity contribution is 5.59. The number of hydrogen-bond acceptors (Lipinski definition) is 3. The van der Waals surface area contributed by atoms with Crippen LogP contribution in [0.2, 0.25) is 0 Å². The van der Waals surface area contributed by atoms with Gasteiger partial charge in [-0.3, -0.25) is 4.98 Å². The summed E-state index contributed by atoms with van der Waals surface area (Å²) in [4.78, 5) is 4.26. The van der Waals surface area contributed by atoms with Gasteiger partial charge in [0.1, 0.15) is 0 Å². The molecule has 1 aliphatic heterocycles. The zero-order chi connectivity index (χ0) is 19.1. The van der Waals surface area contributed by atoms with E-state index < -0.39 is 17.9 Å². The molecule has 0 bridgehead atoms. The van der Waals surface area contributed by atoms with Gasteiger partial charge in [-0.1, -0.05) is 12.0 Å². The maximum atomic E-state index is 13.3. The van der Waals surface area contributed by atoms with Gasteiger partial charge >= 0.3 is 0 Å². The largest absolute Gasteiger partial charge is 0.342 e. The molecule has 0 unspecified atom stereocenters. The summed E-state index contributed by atoms with van der Waals surface area (Å²) in [6, 6.07) is 7.19. The van der Waals surface area contributed by atoms with E-state index in [1.54, 1.807) is 18.3 Å². The maximum Gasteiger partial charge on any atom is 0.222 e. The van der Waals surface area contributed by atoms with Crippen molar-refractivity contribution in [1.82, 2.24) is 4.98 Å². The van der Waals surface area contributed by atoms with Gasteiger partial charge in [0, 0.05) is 23.2 Å². The molecule has 0 amide bonds. The van der Waals surface area contributed by atoms with Gasteiger partial charge in [0.2, 0.25) is 6.29 Å². The predicted octanol–water partition coefficient (Wildman–Crippen LogP) is 4.72. The van der Waals surface area contributed by atoms with Crippen molar-refractivity contribution < 1.29 is 18.3 Å². The summed E-state index contributed by atoms with van der Waals surface area (Å²) in [7, 11) is 0. The number of pyridine rings is 1. The minimum Gasteiger partial charge on any atom is -0.342 e. The topological polar surface area (TPSA) is 31.4 Å². The molecule has 5 heteroatoms. The Morgan fingerprint density at radius 1 is 1.15 bits per heavy atom. The molecular weight excluding hydrogens is 348 g/mol. The summed E-state index contributed by atoms with van der Waals surface area (Å²) in [6.07, 6.45) is 6.13. The average molecular weight is 369 g/mol. The van der Waals surface area contributed by atoms with Crippen LogP contribution in [0.5, 0.6) is 0 Å². The number of allylic oxidation sites excluding steroid dienone is 1. The summed E-state index contributed by atoms with van der Waals surface area (Å²) in [5.74, 6) is 4.54.